The van der Waals surface area contributed by atoms with Crippen molar-refractivity contribution in [1.82, 2.24) is 24.9 Å². The Morgan fingerprint density at radius 3 is 2.73 bits per heavy atom. The maximum absolute atomic E-state index is 12.7. The van der Waals surface area contributed by atoms with Crippen molar-refractivity contribution >= 4 is 21.8 Å². The van der Waals surface area contributed by atoms with Gasteiger partial charge in [-0.3, -0.25) is 9.48 Å². The van der Waals surface area contributed by atoms with E-state index >= 15 is 0 Å². The van der Waals surface area contributed by atoms with Crippen LogP contribution in [0, 0.1) is 6.92 Å². The molecule has 0 saturated carbocycles. The molecule has 1 aromatic carbocycles. The lowest BCUT2D eigenvalue weighted by Gasteiger charge is -2.10. The van der Waals surface area contributed by atoms with Crippen LogP contribution < -0.4 is 10.1 Å². The van der Waals surface area contributed by atoms with Gasteiger partial charge in [0.15, 0.2) is 6.73 Å². The zero-order chi connectivity index (χ0) is 21.7. The third kappa shape index (κ3) is 5.85. The summed E-state index contributed by atoms with van der Waals surface area (Å²) in [5.41, 5.74) is 0.301. The van der Waals surface area contributed by atoms with E-state index < -0.39 is 11.7 Å². The van der Waals surface area contributed by atoms with Gasteiger partial charge in [0.25, 0.3) is 5.91 Å². The van der Waals surface area contributed by atoms with Crippen LogP contribution in [0.5, 0.6) is 5.75 Å². The molecular weight excluding hydrogens is 467 g/mol. The molecule has 11 heteroatoms. The lowest BCUT2D eigenvalue weighted by Crippen LogP contribution is -2.26. The van der Waals surface area contributed by atoms with Gasteiger partial charge in [0, 0.05) is 25.5 Å². The van der Waals surface area contributed by atoms with Crippen molar-refractivity contribution in [3.8, 4) is 5.75 Å². The second kappa shape index (κ2) is 9.33. The number of carbonyl (C=O) groups is 1. The monoisotopic (exact) mass is 485 g/mol. The Hall–Kier alpha value is -2.82. The Balaban J connectivity index is 1.45. The number of nitrogens with one attached hydrogen (secondary N) is 1. The molecule has 0 atom stereocenters. The summed E-state index contributed by atoms with van der Waals surface area (Å²) in [6, 6.07) is 6.08. The highest BCUT2D eigenvalue weighted by Gasteiger charge is 2.30. The van der Waals surface area contributed by atoms with E-state index in [4.69, 9.17) is 4.74 Å². The molecule has 0 spiro atoms. The molecule has 2 aromatic heterocycles. The predicted molar refractivity (Wildman–Crippen MR) is 106 cm³/mol. The van der Waals surface area contributed by atoms with Crippen LogP contribution in [0.15, 0.2) is 47.2 Å². The number of benzene rings is 1. The van der Waals surface area contributed by atoms with Crippen molar-refractivity contribution in [3.05, 3.63) is 64.1 Å². The molecule has 7 nitrogen and oxygen atoms in total. The first kappa shape index (κ1) is 21.9. The number of aryl methyl sites for hydroxylation is 2. The summed E-state index contributed by atoms with van der Waals surface area (Å²) in [5, 5.41) is 11.2. The highest BCUT2D eigenvalue weighted by atomic mass is 79.9. The van der Waals surface area contributed by atoms with Crippen LogP contribution in [0.25, 0.3) is 0 Å². The molecule has 30 heavy (non-hydrogen) atoms. The number of hydrogen-bond donors (Lipinski definition) is 1. The van der Waals surface area contributed by atoms with Crippen LogP contribution in [0.1, 0.15) is 28.2 Å². The minimum Gasteiger partial charge on any atom is -0.471 e. The molecule has 0 aliphatic rings. The van der Waals surface area contributed by atoms with Crippen LogP contribution in [0.3, 0.4) is 0 Å². The SMILES string of the molecule is Cc1nn(CCCNC(=O)c2ccn(COc3cccc(C(F)(F)F)c3)n2)cc1Br. The normalized spacial score (nSPS) is 11.5. The van der Waals surface area contributed by atoms with Gasteiger partial charge in [-0.2, -0.15) is 23.4 Å². The number of rotatable bonds is 8. The first-order chi connectivity index (χ1) is 14.2. The average Bonchev–Trinajstić information content (AvgIpc) is 3.30. The van der Waals surface area contributed by atoms with Gasteiger partial charge >= 0.3 is 6.18 Å². The summed E-state index contributed by atoms with van der Waals surface area (Å²) in [4.78, 5) is 12.2. The van der Waals surface area contributed by atoms with Crippen molar-refractivity contribution in [3.63, 3.8) is 0 Å². The Labute approximate surface area is 179 Å². The summed E-state index contributed by atoms with van der Waals surface area (Å²) in [6.45, 7) is 2.88. The number of aromatic nitrogens is 4. The first-order valence-corrected chi connectivity index (χ1v) is 9.83. The minimum atomic E-state index is -4.44. The fraction of sp³-hybridized carbons (Fsp3) is 0.316. The molecule has 0 bridgehead atoms. The molecule has 0 saturated heterocycles. The number of halogens is 4. The van der Waals surface area contributed by atoms with Gasteiger partial charge < -0.3 is 10.1 Å². The van der Waals surface area contributed by atoms with E-state index in [0.29, 0.717) is 19.5 Å². The van der Waals surface area contributed by atoms with Crippen LogP contribution in [-0.2, 0) is 19.5 Å². The summed E-state index contributed by atoms with van der Waals surface area (Å²) >= 11 is 3.40. The van der Waals surface area contributed by atoms with E-state index in [1.54, 1.807) is 4.68 Å². The van der Waals surface area contributed by atoms with E-state index in [-0.39, 0.29) is 24.1 Å². The Morgan fingerprint density at radius 2 is 2.03 bits per heavy atom. The average molecular weight is 486 g/mol. The lowest BCUT2D eigenvalue weighted by atomic mass is 10.2. The minimum absolute atomic E-state index is 0.0619. The third-order valence-electron chi connectivity index (χ3n) is 4.13. The predicted octanol–water partition coefficient (Wildman–Crippen LogP) is 4.03. The molecule has 1 amide bonds. The maximum Gasteiger partial charge on any atom is 0.416 e. The van der Waals surface area contributed by atoms with Gasteiger partial charge in [0.1, 0.15) is 11.4 Å². The van der Waals surface area contributed by atoms with Gasteiger partial charge in [0.2, 0.25) is 0 Å². The standard InChI is InChI=1S/C19H19BrF3N5O2/c1-13-16(20)11-27(25-13)8-3-7-24-18(29)17-6-9-28(26-17)12-30-15-5-2-4-14(10-15)19(21,22)23/h2,4-6,9-11H,3,7-8,12H2,1H3,(H,24,29). The highest BCUT2D eigenvalue weighted by molar-refractivity contribution is 9.10. The highest BCUT2D eigenvalue weighted by Crippen LogP contribution is 2.31. The quantitative estimate of drug-likeness (QED) is 0.489. The maximum atomic E-state index is 12.7. The van der Waals surface area contributed by atoms with Crippen LogP contribution >= 0.6 is 15.9 Å². The van der Waals surface area contributed by atoms with E-state index in [1.165, 1.54) is 29.1 Å². The van der Waals surface area contributed by atoms with Crippen LogP contribution in [-0.4, -0.2) is 32.0 Å². The second-order valence-electron chi connectivity index (χ2n) is 6.47. The van der Waals surface area contributed by atoms with Crippen LogP contribution in [0.4, 0.5) is 13.2 Å². The topological polar surface area (TPSA) is 74.0 Å². The van der Waals surface area contributed by atoms with E-state index in [1.807, 2.05) is 13.1 Å². The number of hydrogen-bond acceptors (Lipinski definition) is 4. The summed E-state index contributed by atoms with van der Waals surface area (Å²) in [7, 11) is 0. The third-order valence-corrected chi connectivity index (χ3v) is 4.91. The van der Waals surface area contributed by atoms with Crippen molar-refractivity contribution in [2.24, 2.45) is 0 Å². The molecule has 0 aliphatic carbocycles. The fourth-order valence-corrected chi connectivity index (χ4v) is 2.91. The van der Waals surface area contributed by atoms with E-state index in [9.17, 15) is 18.0 Å². The molecule has 0 fully saturated rings. The second-order valence-corrected chi connectivity index (χ2v) is 7.33. The summed E-state index contributed by atoms with van der Waals surface area (Å²) in [6.07, 6.45) is -0.350. The zero-order valence-corrected chi connectivity index (χ0v) is 17.6. The zero-order valence-electron chi connectivity index (χ0n) is 16.0. The molecule has 160 valence electrons. The van der Waals surface area contributed by atoms with Crippen molar-refractivity contribution in [2.75, 3.05) is 6.54 Å². The van der Waals surface area contributed by atoms with Crippen molar-refractivity contribution in [2.45, 2.75) is 32.8 Å². The van der Waals surface area contributed by atoms with E-state index in [0.717, 1.165) is 22.3 Å². The van der Waals surface area contributed by atoms with Gasteiger partial charge in [-0.05, 0) is 53.5 Å². The van der Waals surface area contributed by atoms with Gasteiger partial charge in [-0.1, -0.05) is 6.07 Å². The Morgan fingerprint density at radius 1 is 1.23 bits per heavy atom. The molecule has 0 aliphatic heterocycles. The Bertz CT molecular complexity index is 996. The van der Waals surface area contributed by atoms with E-state index in [2.05, 4.69) is 31.4 Å². The number of ether oxygens (including phenoxy) is 1. The summed E-state index contributed by atoms with van der Waals surface area (Å²) < 4.78 is 47.6. The number of alkyl halides is 3. The van der Waals surface area contributed by atoms with Gasteiger partial charge in [-0.15, -0.1) is 0 Å². The molecule has 0 radical (unpaired) electrons. The van der Waals surface area contributed by atoms with Gasteiger partial charge in [-0.25, -0.2) is 4.68 Å². The molecule has 0 unspecified atom stereocenters. The molecule has 2 heterocycles. The van der Waals surface area contributed by atoms with Gasteiger partial charge in [0.05, 0.1) is 15.7 Å². The molecule has 3 rings (SSSR count). The molecular formula is C19H19BrF3N5O2. The Kier molecular flexibility index (Phi) is 6.80. The molecule has 3 aromatic rings. The van der Waals surface area contributed by atoms with Crippen molar-refractivity contribution in [1.29, 1.82) is 0 Å². The number of amides is 1. The fourth-order valence-electron chi connectivity index (χ4n) is 2.60. The van der Waals surface area contributed by atoms with Crippen molar-refractivity contribution < 1.29 is 22.7 Å². The molecule has 1 N–H and O–H groups in total. The smallest absolute Gasteiger partial charge is 0.416 e. The lowest BCUT2D eigenvalue weighted by molar-refractivity contribution is -0.137. The van der Waals surface area contributed by atoms with Crippen LogP contribution in [0.2, 0.25) is 0 Å². The summed E-state index contributed by atoms with van der Waals surface area (Å²) in [5.74, 6) is -0.280. The number of nitrogens with zero attached hydrogens (tertiary/aromatic N) is 4. The first-order valence-electron chi connectivity index (χ1n) is 9.03. The number of carbonyl (C=O) groups excluding carboxylic acids is 1. The largest absolute Gasteiger partial charge is 0.471 e.